The standard InChI is InChI=1S/C13H20N2O3/c1-2-4-11(12(16)17)14-13(18)15-7-9-5-3-6-10(9)8-15/h2,9-11H,1,3-8H2,(H,14,18)(H,16,17). The van der Waals surface area contributed by atoms with Crippen LogP contribution in [0.25, 0.3) is 0 Å². The predicted octanol–water partition coefficient (Wildman–Crippen LogP) is 1.46. The Bertz CT molecular complexity index is 344. The maximum absolute atomic E-state index is 12.0. The normalized spacial score (nSPS) is 27.7. The third-order valence-electron chi connectivity index (χ3n) is 4.01. The SMILES string of the molecule is C=CCC(NC(=O)N1CC2CCCC2C1)C(=O)O. The van der Waals surface area contributed by atoms with E-state index < -0.39 is 12.0 Å². The molecule has 18 heavy (non-hydrogen) atoms. The van der Waals surface area contributed by atoms with Crippen LogP contribution >= 0.6 is 0 Å². The zero-order chi connectivity index (χ0) is 13.1. The first-order valence-electron chi connectivity index (χ1n) is 6.51. The predicted molar refractivity (Wildman–Crippen MR) is 67.2 cm³/mol. The number of urea groups is 1. The number of carbonyl (C=O) groups is 2. The summed E-state index contributed by atoms with van der Waals surface area (Å²) in [5.74, 6) is 0.236. The van der Waals surface area contributed by atoms with E-state index in [4.69, 9.17) is 5.11 Å². The number of likely N-dealkylation sites (tertiary alicyclic amines) is 1. The van der Waals surface area contributed by atoms with Crippen molar-refractivity contribution in [3.05, 3.63) is 12.7 Å². The molecule has 0 radical (unpaired) electrons. The second-order valence-electron chi connectivity index (χ2n) is 5.22. The second-order valence-corrected chi connectivity index (χ2v) is 5.22. The Morgan fingerprint density at radius 1 is 1.39 bits per heavy atom. The Balaban J connectivity index is 1.88. The van der Waals surface area contributed by atoms with E-state index in [0.717, 1.165) is 13.1 Å². The van der Waals surface area contributed by atoms with Gasteiger partial charge in [0.05, 0.1) is 0 Å². The molecule has 5 nitrogen and oxygen atoms in total. The molecule has 2 fully saturated rings. The van der Waals surface area contributed by atoms with E-state index in [1.807, 2.05) is 0 Å². The number of aliphatic carboxylic acids is 1. The number of amides is 2. The van der Waals surface area contributed by atoms with Crippen molar-refractivity contribution in [1.29, 1.82) is 0 Å². The highest BCUT2D eigenvalue weighted by Gasteiger charge is 2.38. The summed E-state index contributed by atoms with van der Waals surface area (Å²) in [6.07, 6.45) is 5.42. The zero-order valence-corrected chi connectivity index (χ0v) is 10.5. The monoisotopic (exact) mass is 252 g/mol. The molecule has 1 saturated heterocycles. The highest BCUT2D eigenvalue weighted by molar-refractivity contribution is 5.82. The number of rotatable bonds is 4. The first kappa shape index (κ1) is 12.9. The molecular weight excluding hydrogens is 232 g/mol. The average Bonchev–Trinajstić information content (AvgIpc) is 2.87. The van der Waals surface area contributed by atoms with Gasteiger partial charge in [0.25, 0.3) is 0 Å². The van der Waals surface area contributed by atoms with Gasteiger partial charge in [-0.05, 0) is 31.1 Å². The van der Waals surface area contributed by atoms with Crippen LogP contribution in [0.15, 0.2) is 12.7 Å². The molecule has 1 aliphatic heterocycles. The number of fused-ring (bicyclic) bond motifs is 1. The van der Waals surface area contributed by atoms with Crippen LogP contribution in [-0.4, -0.2) is 41.1 Å². The Labute approximate surface area is 107 Å². The van der Waals surface area contributed by atoms with Crippen LogP contribution in [0.3, 0.4) is 0 Å². The van der Waals surface area contributed by atoms with Crippen molar-refractivity contribution in [2.45, 2.75) is 31.7 Å². The van der Waals surface area contributed by atoms with E-state index in [-0.39, 0.29) is 12.5 Å². The Morgan fingerprint density at radius 3 is 2.50 bits per heavy atom. The first-order valence-corrected chi connectivity index (χ1v) is 6.51. The largest absolute Gasteiger partial charge is 0.480 e. The summed E-state index contributed by atoms with van der Waals surface area (Å²) in [5, 5.41) is 11.5. The molecule has 2 aliphatic rings. The lowest BCUT2D eigenvalue weighted by Crippen LogP contribution is -2.47. The van der Waals surface area contributed by atoms with E-state index in [2.05, 4.69) is 11.9 Å². The molecule has 0 aromatic carbocycles. The minimum Gasteiger partial charge on any atom is -0.480 e. The van der Waals surface area contributed by atoms with Crippen LogP contribution in [0, 0.1) is 11.8 Å². The lowest BCUT2D eigenvalue weighted by molar-refractivity contribution is -0.139. The lowest BCUT2D eigenvalue weighted by Gasteiger charge is -2.21. The van der Waals surface area contributed by atoms with Crippen LogP contribution in [0.4, 0.5) is 4.79 Å². The second kappa shape index (κ2) is 5.42. The van der Waals surface area contributed by atoms with Gasteiger partial charge in [-0.2, -0.15) is 0 Å². The summed E-state index contributed by atoms with van der Waals surface area (Å²) in [7, 11) is 0. The van der Waals surface area contributed by atoms with Gasteiger partial charge in [0.1, 0.15) is 6.04 Å². The zero-order valence-electron chi connectivity index (χ0n) is 10.5. The molecule has 0 aromatic rings. The molecule has 0 spiro atoms. The van der Waals surface area contributed by atoms with Gasteiger partial charge in [0.2, 0.25) is 0 Å². The van der Waals surface area contributed by atoms with E-state index in [9.17, 15) is 9.59 Å². The third-order valence-corrected chi connectivity index (χ3v) is 4.01. The molecule has 0 bridgehead atoms. The lowest BCUT2D eigenvalue weighted by atomic mass is 10.0. The van der Waals surface area contributed by atoms with Gasteiger partial charge < -0.3 is 15.3 Å². The molecular formula is C13H20N2O3. The van der Waals surface area contributed by atoms with Crippen molar-refractivity contribution < 1.29 is 14.7 Å². The summed E-state index contributed by atoms with van der Waals surface area (Å²) >= 11 is 0. The van der Waals surface area contributed by atoms with Gasteiger partial charge in [-0.15, -0.1) is 6.58 Å². The molecule has 1 saturated carbocycles. The number of carboxylic acids is 1. The third kappa shape index (κ3) is 2.66. The van der Waals surface area contributed by atoms with Gasteiger partial charge in [0, 0.05) is 13.1 Å². The maximum atomic E-state index is 12.0. The average molecular weight is 252 g/mol. The van der Waals surface area contributed by atoms with Gasteiger partial charge in [-0.25, -0.2) is 9.59 Å². The summed E-state index contributed by atoms with van der Waals surface area (Å²) < 4.78 is 0. The summed E-state index contributed by atoms with van der Waals surface area (Å²) in [4.78, 5) is 24.7. The maximum Gasteiger partial charge on any atom is 0.326 e. The van der Waals surface area contributed by atoms with Crippen molar-refractivity contribution in [2.24, 2.45) is 11.8 Å². The van der Waals surface area contributed by atoms with Crippen LogP contribution < -0.4 is 5.32 Å². The van der Waals surface area contributed by atoms with Crippen molar-refractivity contribution in [1.82, 2.24) is 10.2 Å². The van der Waals surface area contributed by atoms with Crippen LogP contribution in [0.1, 0.15) is 25.7 Å². The number of carboxylic acid groups (broad SMARTS) is 1. The number of hydrogen-bond donors (Lipinski definition) is 2. The summed E-state index contributed by atoms with van der Waals surface area (Å²) in [6, 6.07) is -1.12. The molecule has 5 heteroatoms. The number of nitrogens with one attached hydrogen (secondary N) is 1. The number of hydrogen-bond acceptors (Lipinski definition) is 2. The van der Waals surface area contributed by atoms with E-state index in [0.29, 0.717) is 11.8 Å². The van der Waals surface area contributed by atoms with Crippen molar-refractivity contribution in [3.8, 4) is 0 Å². The van der Waals surface area contributed by atoms with E-state index in [1.54, 1.807) is 4.90 Å². The molecule has 2 N–H and O–H groups in total. The highest BCUT2D eigenvalue weighted by atomic mass is 16.4. The molecule has 100 valence electrons. The summed E-state index contributed by atoms with van der Waals surface area (Å²) in [6.45, 7) is 5.06. The van der Waals surface area contributed by atoms with Gasteiger partial charge in [-0.3, -0.25) is 0 Å². The highest BCUT2D eigenvalue weighted by Crippen LogP contribution is 2.37. The molecule has 1 aliphatic carbocycles. The van der Waals surface area contributed by atoms with E-state index >= 15 is 0 Å². The minimum atomic E-state index is -1.01. The Morgan fingerprint density at radius 2 is 2.00 bits per heavy atom. The molecule has 2 amide bonds. The fraction of sp³-hybridized carbons (Fsp3) is 0.692. The van der Waals surface area contributed by atoms with Crippen LogP contribution in [-0.2, 0) is 4.79 Å². The van der Waals surface area contributed by atoms with Gasteiger partial charge in [0.15, 0.2) is 0 Å². The van der Waals surface area contributed by atoms with Crippen molar-refractivity contribution in [3.63, 3.8) is 0 Å². The van der Waals surface area contributed by atoms with Crippen molar-refractivity contribution >= 4 is 12.0 Å². The minimum absolute atomic E-state index is 0.251. The fourth-order valence-electron chi connectivity index (χ4n) is 3.03. The van der Waals surface area contributed by atoms with Crippen LogP contribution in [0.5, 0.6) is 0 Å². The Hall–Kier alpha value is -1.52. The van der Waals surface area contributed by atoms with Crippen LogP contribution in [0.2, 0.25) is 0 Å². The molecule has 3 unspecified atom stereocenters. The smallest absolute Gasteiger partial charge is 0.326 e. The molecule has 3 atom stereocenters. The Kier molecular flexibility index (Phi) is 3.89. The fourth-order valence-corrected chi connectivity index (χ4v) is 3.03. The van der Waals surface area contributed by atoms with Gasteiger partial charge >= 0.3 is 12.0 Å². The topological polar surface area (TPSA) is 69.6 Å². The molecule has 1 heterocycles. The number of carbonyl (C=O) groups excluding carboxylic acids is 1. The first-order chi connectivity index (χ1) is 8.61. The summed E-state index contributed by atoms with van der Waals surface area (Å²) in [5.41, 5.74) is 0. The van der Waals surface area contributed by atoms with Crippen molar-refractivity contribution in [2.75, 3.05) is 13.1 Å². The molecule has 2 rings (SSSR count). The quantitative estimate of drug-likeness (QED) is 0.744. The molecule has 0 aromatic heterocycles. The van der Waals surface area contributed by atoms with E-state index in [1.165, 1.54) is 25.3 Å². The number of nitrogens with zero attached hydrogens (tertiary/aromatic N) is 1. The van der Waals surface area contributed by atoms with Gasteiger partial charge in [-0.1, -0.05) is 12.5 Å².